The van der Waals surface area contributed by atoms with Gasteiger partial charge in [-0.25, -0.2) is 0 Å². The molecule has 0 saturated heterocycles. The van der Waals surface area contributed by atoms with Crippen LogP contribution >= 0.6 is 0 Å². The Morgan fingerprint density at radius 3 is 1.72 bits per heavy atom. The molecule has 0 unspecified atom stereocenters. The summed E-state index contributed by atoms with van der Waals surface area (Å²) in [7, 11) is 0. The van der Waals surface area contributed by atoms with Crippen LogP contribution in [-0.4, -0.2) is 4.26 Å². The molecule has 39 heavy (non-hydrogen) atoms. The number of rotatable bonds is 7. The van der Waals surface area contributed by atoms with Crippen LogP contribution in [0.25, 0.3) is 11.1 Å². The second-order valence-electron chi connectivity index (χ2n) is 14.3. The average Bonchev–Trinajstić information content (AvgIpc) is 3.55. The molecule has 3 aromatic carbocycles. The first-order chi connectivity index (χ1) is 18.4. The van der Waals surface area contributed by atoms with Gasteiger partial charge in [0.2, 0.25) is 0 Å². The van der Waals surface area contributed by atoms with Gasteiger partial charge < -0.3 is 0 Å². The van der Waals surface area contributed by atoms with Gasteiger partial charge in [0.1, 0.15) is 0 Å². The molecular weight excluding hydrogens is 635 g/mol. The fourth-order valence-corrected chi connectivity index (χ4v) is 33.7. The summed E-state index contributed by atoms with van der Waals surface area (Å²) in [5.74, 6) is 0. The SMILES string of the molecule is C=CCC[CH2][Hf](=[CH2])([c]1ccccc1)([CH]1C=CC=C1)[CH]1c2cc(C(C)(C)C)ccc2-c2ccc(C(C)(C)C)cc21. The van der Waals surface area contributed by atoms with E-state index < -0.39 is 18.0 Å². The molecular formula is C38H46Hf. The van der Waals surface area contributed by atoms with E-state index in [1.165, 1.54) is 40.9 Å². The first kappa shape index (κ1) is 28.2. The monoisotopic (exact) mass is 682 g/mol. The third-order valence-electron chi connectivity index (χ3n) is 9.74. The molecule has 5 rings (SSSR count). The van der Waals surface area contributed by atoms with E-state index in [1.807, 2.05) is 0 Å². The number of benzene rings is 3. The zero-order chi connectivity index (χ0) is 28.1. The van der Waals surface area contributed by atoms with Gasteiger partial charge in [0.05, 0.1) is 0 Å². The van der Waals surface area contributed by atoms with Crippen LogP contribution in [0.3, 0.4) is 0 Å². The van der Waals surface area contributed by atoms with Crippen LogP contribution in [-0.2, 0) is 28.8 Å². The Morgan fingerprint density at radius 2 is 1.26 bits per heavy atom. The van der Waals surface area contributed by atoms with Crippen molar-refractivity contribution in [3.8, 4) is 11.1 Å². The van der Waals surface area contributed by atoms with E-state index >= 15 is 0 Å². The fraction of sp³-hybridized carbons (Fsp3) is 0.342. The standard InChI is InChI=1S/C21H25.C6H5.C5H5.C5H9.CH2.Hf/c1-20(2,3)16-7-9-18-14(12-16)11-15-13-17(21(4,5)6)8-10-19(15)18;1-2-4-6-5-3-1;1-2-4-5-3-1;1-3-5-4-2;;/h7-13H,1-6H3;1-5H;1-5H;3H,1-2,4-5H2;1H2;. The van der Waals surface area contributed by atoms with Gasteiger partial charge in [-0.05, 0) is 0 Å². The zero-order valence-electron chi connectivity index (χ0n) is 24.9. The van der Waals surface area contributed by atoms with E-state index in [0.717, 1.165) is 12.8 Å². The van der Waals surface area contributed by atoms with Gasteiger partial charge in [0.25, 0.3) is 0 Å². The molecule has 0 heterocycles. The summed E-state index contributed by atoms with van der Waals surface area (Å²) in [5.41, 5.74) is 8.87. The van der Waals surface area contributed by atoms with E-state index in [-0.39, 0.29) is 10.8 Å². The number of unbranched alkanes of at least 4 members (excludes halogenated alkanes) is 1. The minimum atomic E-state index is -4.47. The zero-order valence-corrected chi connectivity index (χ0v) is 28.5. The second kappa shape index (κ2) is 9.91. The minimum absolute atomic E-state index is 0.0846. The van der Waals surface area contributed by atoms with Crippen molar-refractivity contribution in [2.24, 2.45) is 0 Å². The van der Waals surface area contributed by atoms with Gasteiger partial charge in [-0.2, -0.15) is 0 Å². The average molecular weight is 681 g/mol. The van der Waals surface area contributed by atoms with Crippen molar-refractivity contribution in [2.75, 3.05) is 0 Å². The van der Waals surface area contributed by atoms with Gasteiger partial charge in [0, 0.05) is 0 Å². The van der Waals surface area contributed by atoms with Gasteiger partial charge in [0.15, 0.2) is 0 Å². The number of hydrogen-bond acceptors (Lipinski definition) is 0. The van der Waals surface area contributed by atoms with Gasteiger partial charge in [-0.1, -0.05) is 0 Å². The van der Waals surface area contributed by atoms with E-state index in [0.29, 0.717) is 7.35 Å². The molecule has 0 saturated carbocycles. The van der Waals surface area contributed by atoms with Crippen molar-refractivity contribution >= 4 is 7.58 Å². The van der Waals surface area contributed by atoms with Crippen LogP contribution in [0.2, 0.25) is 7.85 Å². The number of allylic oxidation sites excluding steroid dienone is 5. The molecule has 0 aliphatic heterocycles. The van der Waals surface area contributed by atoms with E-state index in [9.17, 15) is 0 Å². The summed E-state index contributed by atoms with van der Waals surface area (Å²) in [6.45, 7) is 18.1. The predicted molar refractivity (Wildman–Crippen MR) is 171 cm³/mol. The van der Waals surface area contributed by atoms with Crippen LogP contribution in [0.4, 0.5) is 0 Å². The molecule has 0 fully saturated rings. The van der Waals surface area contributed by atoms with E-state index in [4.69, 9.17) is 4.26 Å². The third-order valence-corrected chi connectivity index (χ3v) is 36.5. The summed E-state index contributed by atoms with van der Waals surface area (Å²) in [4.78, 5) is 0. The van der Waals surface area contributed by atoms with Crippen LogP contribution in [0.5, 0.6) is 0 Å². The molecule has 202 valence electrons. The van der Waals surface area contributed by atoms with Gasteiger partial charge >= 0.3 is 239 Å². The van der Waals surface area contributed by atoms with Crippen LogP contribution in [0, 0.1) is 0 Å². The maximum atomic E-state index is 5.67. The summed E-state index contributed by atoms with van der Waals surface area (Å²) in [6.07, 6.45) is 13.8. The molecule has 0 spiro atoms. The third kappa shape index (κ3) is 4.59. The molecule has 2 aliphatic rings. The molecule has 0 atom stereocenters. The van der Waals surface area contributed by atoms with Crippen molar-refractivity contribution in [2.45, 2.75) is 76.7 Å². The Morgan fingerprint density at radius 1 is 0.744 bits per heavy atom. The van der Waals surface area contributed by atoms with Crippen LogP contribution in [0.15, 0.2) is 104 Å². The first-order valence-corrected chi connectivity index (χ1v) is 25.8. The Bertz CT molecular complexity index is 1440. The normalized spacial score (nSPS) is 16.0. The molecule has 0 bridgehead atoms. The molecule has 1 heteroatoms. The van der Waals surface area contributed by atoms with Crippen LogP contribution < -0.4 is 3.32 Å². The van der Waals surface area contributed by atoms with Crippen molar-refractivity contribution in [3.05, 3.63) is 126 Å². The molecule has 0 N–H and O–H groups in total. The number of fused-ring (bicyclic) bond motifs is 3. The topological polar surface area (TPSA) is 0 Å². The summed E-state index contributed by atoms with van der Waals surface area (Å²) >= 11 is -4.47. The predicted octanol–water partition coefficient (Wildman–Crippen LogP) is 10.1. The van der Waals surface area contributed by atoms with E-state index in [2.05, 4.69) is 145 Å². The first-order valence-electron chi connectivity index (χ1n) is 14.7. The Hall–Kier alpha value is -2.38. The van der Waals surface area contributed by atoms with Gasteiger partial charge in [-0.15, -0.1) is 0 Å². The quantitative estimate of drug-likeness (QED) is 0.132. The van der Waals surface area contributed by atoms with Crippen molar-refractivity contribution in [3.63, 3.8) is 0 Å². The fourth-order valence-electron chi connectivity index (χ4n) is 7.42. The maximum absolute atomic E-state index is 5.67. The molecule has 0 nitrogen and oxygen atoms in total. The number of hydrogen-bond donors (Lipinski definition) is 0. The molecule has 0 aromatic heterocycles. The second-order valence-corrected chi connectivity index (χ2v) is 36.1. The van der Waals surface area contributed by atoms with E-state index in [1.54, 1.807) is 0 Å². The van der Waals surface area contributed by atoms with Crippen molar-refractivity contribution in [1.29, 1.82) is 0 Å². The summed E-state index contributed by atoms with van der Waals surface area (Å²) in [5, 5.41) is 0. The molecule has 0 amide bonds. The Kier molecular flexibility index (Phi) is 7.16. The Balaban J connectivity index is 1.92. The molecule has 0 radical (unpaired) electrons. The van der Waals surface area contributed by atoms with Gasteiger partial charge in [-0.3, -0.25) is 0 Å². The molecule has 2 aliphatic carbocycles. The Labute approximate surface area is 238 Å². The van der Waals surface area contributed by atoms with Crippen molar-refractivity contribution in [1.82, 2.24) is 0 Å². The van der Waals surface area contributed by atoms with Crippen LogP contribution in [0.1, 0.15) is 80.3 Å². The summed E-state index contributed by atoms with van der Waals surface area (Å²) < 4.78 is 9.09. The summed E-state index contributed by atoms with van der Waals surface area (Å²) in [6, 6.07) is 26.2. The van der Waals surface area contributed by atoms with Crippen molar-refractivity contribution < 1.29 is 18.0 Å². The molecule has 3 aromatic rings.